The van der Waals surface area contributed by atoms with Crippen molar-refractivity contribution in [3.05, 3.63) is 191 Å². The topological polar surface area (TPSA) is 0 Å². The fourth-order valence-electron chi connectivity index (χ4n) is 7.05. The van der Waals surface area contributed by atoms with Crippen molar-refractivity contribution in [1.82, 2.24) is 0 Å². The third-order valence-corrected chi connectivity index (χ3v) is 10.4. The van der Waals surface area contributed by atoms with Crippen molar-refractivity contribution in [2.75, 3.05) is 0 Å². The summed E-state index contributed by atoms with van der Waals surface area (Å²) in [6.45, 7) is 41.8. The molecule has 0 spiro atoms. The van der Waals surface area contributed by atoms with Crippen LogP contribution in [-0.4, -0.2) is 0 Å². The first-order valence-corrected chi connectivity index (χ1v) is 20.4. The van der Waals surface area contributed by atoms with Crippen molar-refractivity contribution in [1.29, 1.82) is 0 Å². The van der Waals surface area contributed by atoms with E-state index in [0.717, 1.165) is 16.7 Å². The second-order valence-corrected chi connectivity index (χ2v) is 15.0. The Morgan fingerprint density at radius 1 is 0.582 bits per heavy atom. The van der Waals surface area contributed by atoms with Gasteiger partial charge in [0.15, 0.2) is 0 Å². The molecule has 0 atom stereocenters. The average Bonchev–Trinajstić information content (AvgIpc) is 3.56. The monoisotopic (exact) mass is 731 g/mol. The van der Waals surface area contributed by atoms with Crippen LogP contribution in [0.25, 0.3) is 33.4 Å². The van der Waals surface area contributed by atoms with Crippen LogP contribution in [0.2, 0.25) is 0 Å². The molecular formula is C55H70. The number of hydrogen-bond donors (Lipinski definition) is 0. The van der Waals surface area contributed by atoms with Gasteiger partial charge in [-0.1, -0.05) is 227 Å². The normalized spacial score (nSPS) is 13.1. The zero-order chi connectivity index (χ0) is 41.5. The van der Waals surface area contributed by atoms with Crippen molar-refractivity contribution >= 4 is 11.1 Å². The summed E-state index contributed by atoms with van der Waals surface area (Å²) in [5, 5.41) is 0. The van der Waals surface area contributed by atoms with Gasteiger partial charge >= 0.3 is 0 Å². The molecule has 0 nitrogen and oxygen atoms in total. The van der Waals surface area contributed by atoms with Gasteiger partial charge in [0.2, 0.25) is 0 Å². The number of rotatable bonds is 4. The molecule has 55 heavy (non-hydrogen) atoms. The molecule has 0 saturated heterocycles. The fraction of sp³-hybridized carbons (Fsp3) is 0.309. The summed E-state index contributed by atoms with van der Waals surface area (Å²) in [4.78, 5) is 0. The van der Waals surface area contributed by atoms with Gasteiger partial charge in [-0.3, -0.25) is 0 Å². The lowest BCUT2D eigenvalue weighted by atomic mass is 9.81. The molecule has 0 fully saturated rings. The molecule has 0 N–H and O–H groups in total. The van der Waals surface area contributed by atoms with E-state index in [-0.39, 0.29) is 10.8 Å². The second-order valence-electron chi connectivity index (χ2n) is 15.0. The standard InChI is InChI=1S/C21H22.C16H16.C11H12.C3H8.2C2H6/c1-6-18-15(3)21(4,5)20-13-17(11-12-19(18)20)16-9-7-14(2)8-10-16;1-11-7-6-10-14-15(11)12-8-4-5-9-13(12)16(14,2)3;1-9(2)10(3)11-7-5-4-6-8-11;1-3-2;2*1-2/h6-13H,1H2,2-5H3;4-10H,1-3H3;4-8H,1,3H2,2H3;3H2,1-2H3;2*1-2H3. The Kier molecular flexibility index (Phi) is 17.8. The van der Waals surface area contributed by atoms with Gasteiger partial charge in [-0.05, 0) is 101 Å². The predicted molar refractivity (Wildman–Crippen MR) is 250 cm³/mol. The van der Waals surface area contributed by atoms with Crippen molar-refractivity contribution in [2.24, 2.45) is 0 Å². The van der Waals surface area contributed by atoms with Gasteiger partial charge in [0.05, 0.1) is 0 Å². The number of hydrogen-bond acceptors (Lipinski definition) is 0. The molecule has 0 heterocycles. The number of fused-ring (bicyclic) bond motifs is 4. The Balaban J connectivity index is 0.000000273. The van der Waals surface area contributed by atoms with Crippen molar-refractivity contribution in [2.45, 2.75) is 114 Å². The summed E-state index contributed by atoms with van der Waals surface area (Å²) in [7, 11) is 0. The fourth-order valence-corrected chi connectivity index (χ4v) is 7.05. The number of benzene rings is 5. The maximum atomic E-state index is 3.99. The van der Waals surface area contributed by atoms with E-state index < -0.39 is 0 Å². The molecule has 0 heteroatoms. The van der Waals surface area contributed by atoms with E-state index in [2.05, 4.69) is 167 Å². The highest BCUT2D eigenvalue weighted by Crippen LogP contribution is 2.50. The maximum absolute atomic E-state index is 3.99. The molecule has 7 rings (SSSR count). The Morgan fingerprint density at radius 2 is 1.11 bits per heavy atom. The van der Waals surface area contributed by atoms with E-state index in [1.165, 1.54) is 73.2 Å². The summed E-state index contributed by atoms with van der Waals surface area (Å²) in [5.41, 5.74) is 19.9. The highest BCUT2D eigenvalue weighted by atomic mass is 14.4. The lowest BCUT2D eigenvalue weighted by Crippen LogP contribution is -2.15. The van der Waals surface area contributed by atoms with Crippen LogP contribution in [0.1, 0.15) is 128 Å². The first kappa shape index (κ1) is 46.2. The molecule has 0 aliphatic heterocycles. The minimum absolute atomic E-state index is 0.0829. The second kappa shape index (κ2) is 21.2. The van der Waals surface area contributed by atoms with Crippen LogP contribution in [0.15, 0.2) is 152 Å². The maximum Gasteiger partial charge on any atom is 0.0158 e. The summed E-state index contributed by atoms with van der Waals surface area (Å²) in [6, 6.07) is 41.1. The summed E-state index contributed by atoms with van der Waals surface area (Å²) < 4.78 is 0. The molecule has 5 aromatic rings. The summed E-state index contributed by atoms with van der Waals surface area (Å²) in [5.74, 6) is 0. The molecule has 2 aliphatic carbocycles. The summed E-state index contributed by atoms with van der Waals surface area (Å²) >= 11 is 0. The molecule has 5 aromatic carbocycles. The average molecular weight is 731 g/mol. The van der Waals surface area contributed by atoms with Crippen LogP contribution < -0.4 is 0 Å². The Labute approximate surface area is 337 Å². The van der Waals surface area contributed by atoms with Crippen LogP contribution in [0, 0.1) is 13.8 Å². The third-order valence-electron chi connectivity index (χ3n) is 10.4. The van der Waals surface area contributed by atoms with Crippen LogP contribution in [0.4, 0.5) is 0 Å². The van der Waals surface area contributed by atoms with E-state index in [0.29, 0.717) is 0 Å². The molecule has 0 aromatic heterocycles. The first-order valence-electron chi connectivity index (χ1n) is 20.4. The molecule has 0 bridgehead atoms. The van der Waals surface area contributed by atoms with E-state index in [4.69, 9.17) is 0 Å². The van der Waals surface area contributed by atoms with E-state index >= 15 is 0 Å². The van der Waals surface area contributed by atoms with Gasteiger partial charge in [0, 0.05) is 10.8 Å². The molecule has 0 radical (unpaired) electrons. The van der Waals surface area contributed by atoms with Crippen LogP contribution in [0.3, 0.4) is 0 Å². The van der Waals surface area contributed by atoms with Gasteiger partial charge in [-0.25, -0.2) is 0 Å². The Bertz CT molecular complexity index is 2040. The van der Waals surface area contributed by atoms with Gasteiger partial charge in [0.25, 0.3) is 0 Å². The zero-order valence-corrected chi connectivity index (χ0v) is 36.9. The van der Waals surface area contributed by atoms with Crippen molar-refractivity contribution < 1.29 is 0 Å². The smallest absolute Gasteiger partial charge is 0.0158 e. The van der Waals surface area contributed by atoms with Crippen LogP contribution in [0.5, 0.6) is 0 Å². The molecular weight excluding hydrogens is 661 g/mol. The number of aryl methyl sites for hydroxylation is 2. The highest BCUT2D eigenvalue weighted by molar-refractivity contribution is 5.87. The minimum atomic E-state index is 0.0829. The molecule has 290 valence electrons. The largest absolute Gasteiger partial charge is 0.0984 e. The van der Waals surface area contributed by atoms with Crippen molar-refractivity contribution in [3.63, 3.8) is 0 Å². The molecule has 0 saturated carbocycles. The SMILES string of the molecule is C=C(C)C(=C)c1ccccc1.C=CC1=C(C)C(C)(C)c2cc(-c3ccc(C)cc3)ccc21.CC.CC.CCC.Cc1cccc2c1-c1ccccc1C2(C)C. The van der Waals surface area contributed by atoms with E-state index in [9.17, 15) is 0 Å². The quantitative estimate of drug-likeness (QED) is 0.162. The van der Waals surface area contributed by atoms with Crippen LogP contribution in [-0.2, 0) is 10.8 Å². The van der Waals surface area contributed by atoms with E-state index in [1.54, 1.807) is 0 Å². The van der Waals surface area contributed by atoms with Gasteiger partial charge < -0.3 is 0 Å². The summed E-state index contributed by atoms with van der Waals surface area (Å²) in [6.07, 6.45) is 3.24. The van der Waals surface area contributed by atoms with Gasteiger partial charge in [0.1, 0.15) is 0 Å². The zero-order valence-electron chi connectivity index (χ0n) is 36.9. The van der Waals surface area contributed by atoms with E-state index in [1.807, 2.05) is 71.0 Å². The third kappa shape index (κ3) is 10.6. The molecule has 0 amide bonds. The first-order chi connectivity index (χ1) is 26.2. The minimum Gasteiger partial charge on any atom is -0.0984 e. The Hall–Kier alpha value is -4.94. The molecule has 0 unspecified atom stereocenters. The lowest BCUT2D eigenvalue weighted by Gasteiger charge is -2.23. The van der Waals surface area contributed by atoms with Crippen LogP contribution >= 0.6 is 0 Å². The Morgan fingerprint density at radius 3 is 1.67 bits per heavy atom. The lowest BCUT2D eigenvalue weighted by molar-refractivity contribution is 0.639. The van der Waals surface area contributed by atoms with Crippen molar-refractivity contribution in [3.8, 4) is 22.3 Å². The van der Waals surface area contributed by atoms with Gasteiger partial charge in [-0.15, -0.1) is 0 Å². The highest BCUT2D eigenvalue weighted by Gasteiger charge is 2.36. The predicted octanol–water partition coefficient (Wildman–Crippen LogP) is 17.0. The van der Waals surface area contributed by atoms with Gasteiger partial charge in [-0.2, -0.15) is 0 Å². The number of allylic oxidation sites excluding steroid dienone is 5. The molecule has 2 aliphatic rings.